The van der Waals surface area contributed by atoms with E-state index >= 15 is 0 Å². The molecule has 2 atom stereocenters. The average Bonchev–Trinajstić information content (AvgIpc) is 2.35. The fourth-order valence-corrected chi connectivity index (χ4v) is 1.33. The van der Waals surface area contributed by atoms with Gasteiger partial charge in [0.05, 0.1) is 0 Å². The molecule has 0 aliphatic carbocycles. The summed E-state index contributed by atoms with van der Waals surface area (Å²) >= 11 is 0. The van der Waals surface area contributed by atoms with Gasteiger partial charge in [0.1, 0.15) is 0 Å². The fraction of sp³-hybridized carbons (Fsp3) is 0.750. The monoisotopic (exact) mass is 271 g/mol. The predicted molar refractivity (Wildman–Crippen MR) is 75.5 cm³/mol. The minimum atomic E-state index is -0.360. The Morgan fingerprint density at radius 1 is 1.42 bits per heavy atom. The summed E-state index contributed by atoms with van der Waals surface area (Å²) in [7, 11) is 0. The number of amides is 3. The van der Waals surface area contributed by atoms with Crippen LogP contribution in [0.25, 0.3) is 0 Å². The molecule has 0 saturated heterocycles. The third kappa shape index (κ3) is 11.2. The van der Waals surface area contributed by atoms with Crippen molar-refractivity contribution in [2.75, 3.05) is 6.54 Å². The Labute approximate surface area is 114 Å². The molecule has 0 radical (unpaired) electrons. The number of carbonyl (C=O) groups is 2. The summed E-state index contributed by atoms with van der Waals surface area (Å²) in [5.41, 5.74) is 13.0. The summed E-state index contributed by atoms with van der Waals surface area (Å²) in [6.45, 7) is 4.46. The van der Waals surface area contributed by atoms with Gasteiger partial charge >= 0.3 is 6.03 Å². The van der Waals surface area contributed by atoms with Gasteiger partial charge in [-0.3, -0.25) is 4.79 Å². The van der Waals surface area contributed by atoms with Crippen molar-refractivity contribution in [3.63, 3.8) is 0 Å². The molecule has 0 bridgehead atoms. The Kier molecular flexibility index (Phi) is 9.42. The first-order chi connectivity index (χ1) is 8.95. The van der Waals surface area contributed by atoms with E-state index in [9.17, 15) is 9.59 Å². The van der Waals surface area contributed by atoms with E-state index in [1.807, 2.05) is 13.8 Å². The van der Waals surface area contributed by atoms with Gasteiger partial charge in [-0.2, -0.15) is 5.10 Å². The van der Waals surface area contributed by atoms with Crippen molar-refractivity contribution in [2.24, 2.45) is 22.5 Å². The Bertz CT molecular complexity index is 306. The van der Waals surface area contributed by atoms with Gasteiger partial charge in [-0.15, -0.1) is 0 Å². The van der Waals surface area contributed by atoms with Crippen LogP contribution in [0.3, 0.4) is 0 Å². The van der Waals surface area contributed by atoms with Gasteiger partial charge in [0.2, 0.25) is 5.91 Å². The number of hydrazone groups is 1. The van der Waals surface area contributed by atoms with Crippen molar-refractivity contribution in [1.29, 1.82) is 0 Å². The van der Waals surface area contributed by atoms with E-state index < -0.39 is 0 Å². The minimum absolute atomic E-state index is 0.145. The van der Waals surface area contributed by atoms with E-state index in [2.05, 4.69) is 15.8 Å². The van der Waals surface area contributed by atoms with Crippen LogP contribution in [0.5, 0.6) is 0 Å². The topological polar surface area (TPSA) is 123 Å². The first-order valence-corrected chi connectivity index (χ1v) is 6.56. The second-order valence-electron chi connectivity index (χ2n) is 4.64. The van der Waals surface area contributed by atoms with Crippen molar-refractivity contribution in [3.05, 3.63) is 0 Å². The molecule has 0 aliphatic heterocycles. The molecule has 7 nitrogen and oxygen atoms in total. The van der Waals surface area contributed by atoms with Crippen LogP contribution in [-0.4, -0.2) is 30.7 Å². The predicted octanol–water partition coefficient (Wildman–Crippen LogP) is 0.300. The number of hydrogen-bond donors (Lipinski definition) is 4. The number of rotatable bonds is 9. The maximum atomic E-state index is 11.3. The van der Waals surface area contributed by atoms with Gasteiger partial charge in [-0.25, -0.2) is 10.2 Å². The standard InChI is InChI=1S/C12H25N5O2/c1-3-10(13)8-16-17-12(19)15-7-9(2)5-4-6-11(14)18/h8-10H,3-7,13H2,1-2H3,(H2,14,18)(H2,15,17,19)/b16-8+. The molecule has 0 aliphatic rings. The zero-order valence-corrected chi connectivity index (χ0v) is 11.7. The highest BCUT2D eigenvalue weighted by Crippen LogP contribution is 2.05. The largest absolute Gasteiger partial charge is 0.370 e. The molecule has 0 aromatic carbocycles. The van der Waals surface area contributed by atoms with Crippen molar-refractivity contribution in [2.45, 2.75) is 45.6 Å². The molecule has 2 unspecified atom stereocenters. The first-order valence-electron chi connectivity index (χ1n) is 6.56. The van der Waals surface area contributed by atoms with E-state index in [-0.39, 0.29) is 23.9 Å². The molecule has 3 amide bonds. The number of nitrogens with one attached hydrogen (secondary N) is 2. The summed E-state index contributed by atoms with van der Waals surface area (Å²) in [4.78, 5) is 21.9. The van der Waals surface area contributed by atoms with Gasteiger partial charge in [0.15, 0.2) is 0 Å². The van der Waals surface area contributed by atoms with Crippen molar-refractivity contribution in [3.8, 4) is 0 Å². The van der Waals surface area contributed by atoms with E-state index in [0.29, 0.717) is 13.0 Å². The molecule has 0 fully saturated rings. The molecule has 0 aromatic rings. The lowest BCUT2D eigenvalue weighted by Gasteiger charge is -2.11. The molecule has 6 N–H and O–H groups in total. The lowest BCUT2D eigenvalue weighted by atomic mass is 10.0. The summed E-state index contributed by atoms with van der Waals surface area (Å²) in [6.07, 6.45) is 4.23. The van der Waals surface area contributed by atoms with Gasteiger partial charge in [-0.05, 0) is 25.2 Å². The van der Waals surface area contributed by atoms with Crippen molar-refractivity contribution in [1.82, 2.24) is 10.7 Å². The zero-order chi connectivity index (χ0) is 14.7. The van der Waals surface area contributed by atoms with E-state index in [0.717, 1.165) is 19.3 Å². The van der Waals surface area contributed by atoms with Crippen LogP contribution >= 0.6 is 0 Å². The normalized spacial score (nSPS) is 14.1. The molecule has 0 heterocycles. The Balaban J connectivity index is 3.66. The van der Waals surface area contributed by atoms with Crippen LogP contribution in [0.1, 0.15) is 39.5 Å². The molecule has 19 heavy (non-hydrogen) atoms. The van der Waals surface area contributed by atoms with Gasteiger partial charge in [-0.1, -0.05) is 13.8 Å². The third-order valence-electron chi connectivity index (χ3n) is 2.63. The maximum absolute atomic E-state index is 11.3. The molecule has 0 rings (SSSR count). The highest BCUT2D eigenvalue weighted by atomic mass is 16.2. The summed E-state index contributed by atoms with van der Waals surface area (Å²) < 4.78 is 0. The number of urea groups is 1. The van der Waals surface area contributed by atoms with E-state index in [1.165, 1.54) is 6.21 Å². The quantitative estimate of drug-likeness (QED) is 0.356. The molecular weight excluding hydrogens is 246 g/mol. The van der Waals surface area contributed by atoms with E-state index in [1.54, 1.807) is 0 Å². The number of primary amides is 1. The Hall–Kier alpha value is -1.63. The SMILES string of the molecule is CCC(N)/C=N/NC(=O)NCC(C)CCCC(N)=O. The smallest absolute Gasteiger partial charge is 0.335 e. The zero-order valence-electron chi connectivity index (χ0n) is 11.7. The summed E-state index contributed by atoms with van der Waals surface area (Å²) in [6, 6.07) is -0.505. The Morgan fingerprint density at radius 3 is 2.68 bits per heavy atom. The van der Waals surface area contributed by atoms with Crippen LogP contribution in [0.15, 0.2) is 5.10 Å². The number of nitrogens with zero attached hydrogens (tertiary/aromatic N) is 1. The van der Waals surface area contributed by atoms with Crippen molar-refractivity contribution < 1.29 is 9.59 Å². The van der Waals surface area contributed by atoms with Gasteiger partial charge in [0.25, 0.3) is 0 Å². The fourth-order valence-electron chi connectivity index (χ4n) is 1.33. The lowest BCUT2D eigenvalue weighted by molar-refractivity contribution is -0.118. The summed E-state index contributed by atoms with van der Waals surface area (Å²) in [5.74, 6) is -0.00789. The molecule has 0 aromatic heterocycles. The number of nitrogens with two attached hydrogens (primary N) is 2. The van der Waals surface area contributed by atoms with Crippen LogP contribution in [-0.2, 0) is 4.79 Å². The second kappa shape index (κ2) is 10.3. The highest BCUT2D eigenvalue weighted by Gasteiger charge is 2.05. The molecular formula is C12H25N5O2. The van der Waals surface area contributed by atoms with E-state index in [4.69, 9.17) is 11.5 Å². The average molecular weight is 271 g/mol. The lowest BCUT2D eigenvalue weighted by Crippen LogP contribution is -2.36. The van der Waals surface area contributed by atoms with Crippen LogP contribution in [0.4, 0.5) is 4.79 Å². The number of hydrogen-bond acceptors (Lipinski definition) is 4. The molecule has 0 saturated carbocycles. The van der Waals surface area contributed by atoms with Crippen LogP contribution in [0, 0.1) is 5.92 Å². The molecule has 7 heteroatoms. The maximum Gasteiger partial charge on any atom is 0.335 e. The Morgan fingerprint density at radius 2 is 2.11 bits per heavy atom. The molecule has 110 valence electrons. The first kappa shape index (κ1) is 17.4. The van der Waals surface area contributed by atoms with Crippen LogP contribution in [0.2, 0.25) is 0 Å². The minimum Gasteiger partial charge on any atom is -0.370 e. The second-order valence-corrected chi connectivity index (χ2v) is 4.64. The number of carbonyl (C=O) groups excluding carboxylic acids is 2. The van der Waals surface area contributed by atoms with Gasteiger partial charge < -0.3 is 16.8 Å². The van der Waals surface area contributed by atoms with Crippen molar-refractivity contribution >= 4 is 18.2 Å². The summed E-state index contributed by atoms with van der Waals surface area (Å²) in [5, 5.41) is 6.42. The van der Waals surface area contributed by atoms with Gasteiger partial charge in [0, 0.05) is 25.2 Å². The third-order valence-corrected chi connectivity index (χ3v) is 2.63. The highest BCUT2D eigenvalue weighted by molar-refractivity contribution is 5.75. The van der Waals surface area contributed by atoms with Crippen LogP contribution < -0.4 is 22.2 Å². The molecule has 0 spiro atoms.